The smallest absolute Gasteiger partial charge is 0.162 e. The molecular weight excluding hydrogens is 484 g/mol. The molecule has 0 aromatic heterocycles. The molecule has 1 aliphatic carbocycles. The van der Waals surface area contributed by atoms with Crippen LogP contribution in [-0.4, -0.2) is 27.1 Å². The molecule has 4 rings (SSSR count). The van der Waals surface area contributed by atoms with Gasteiger partial charge in [0.1, 0.15) is 5.75 Å². The molecule has 0 spiro atoms. The van der Waals surface area contributed by atoms with E-state index in [0.29, 0.717) is 35.5 Å². The van der Waals surface area contributed by atoms with Gasteiger partial charge in [-0.05, 0) is 54.7 Å². The highest BCUT2D eigenvalue weighted by Crippen LogP contribution is 2.48. The molecule has 0 saturated carbocycles. The molecule has 2 unspecified atom stereocenters. The molecule has 1 aliphatic heterocycles. The topological polar surface area (TPSA) is 80.6 Å². The number of hydrogen-bond acceptors (Lipinski definition) is 6. The van der Waals surface area contributed by atoms with E-state index in [1.807, 2.05) is 43.3 Å². The lowest BCUT2D eigenvalue weighted by atomic mass is 9.72. The van der Waals surface area contributed by atoms with Gasteiger partial charge in [-0.2, -0.15) is 5.26 Å². The molecule has 2 aromatic rings. The number of rotatable bonds is 5. The molecule has 6 nitrogen and oxygen atoms in total. The van der Waals surface area contributed by atoms with Gasteiger partial charge in [0.15, 0.2) is 17.3 Å². The number of carbonyl (C=O) groups is 1. The first-order chi connectivity index (χ1) is 15.9. The molecular formula is C26H25BrN2O4. The Balaban J connectivity index is 1.80. The number of halogens is 1. The van der Waals surface area contributed by atoms with E-state index in [0.717, 1.165) is 32.7 Å². The van der Waals surface area contributed by atoms with Crippen molar-refractivity contribution in [2.75, 3.05) is 21.3 Å². The number of carbonyl (C=O) groups excluding carboxylic acids is 1. The first-order valence-electron chi connectivity index (χ1n) is 10.6. The van der Waals surface area contributed by atoms with E-state index in [9.17, 15) is 10.1 Å². The van der Waals surface area contributed by atoms with Crippen LogP contribution in [0, 0.1) is 11.3 Å². The molecule has 1 N–H and O–H groups in total. The predicted molar refractivity (Wildman–Crippen MR) is 128 cm³/mol. The van der Waals surface area contributed by atoms with Crippen molar-refractivity contribution in [3.05, 3.63) is 74.5 Å². The fraction of sp³-hybridized carbons (Fsp3) is 0.308. The van der Waals surface area contributed by atoms with Crippen LogP contribution in [0.15, 0.2) is 63.4 Å². The lowest BCUT2D eigenvalue weighted by Crippen LogP contribution is -2.33. The van der Waals surface area contributed by atoms with E-state index in [2.05, 4.69) is 27.3 Å². The average molecular weight is 509 g/mol. The van der Waals surface area contributed by atoms with Gasteiger partial charge in [-0.1, -0.05) is 28.1 Å². The van der Waals surface area contributed by atoms with Gasteiger partial charge < -0.3 is 19.5 Å². The summed E-state index contributed by atoms with van der Waals surface area (Å²) in [6.07, 6.45) is 1.07. The average Bonchev–Trinajstić information content (AvgIpc) is 2.83. The zero-order valence-electron chi connectivity index (χ0n) is 19.0. The molecule has 7 heteroatoms. The lowest BCUT2D eigenvalue weighted by molar-refractivity contribution is -0.116. The Bertz CT molecular complexity index is 1210. The summed E-state index contributed by atoms with van der Waals surface area (Å²) < 4.78 is 16.9. The Morgan fingerprint density at radius 3 is 2.30 bits per heavy atom. The number of dihydropyridines is 1. The van der Waals surface area contributed by atoms with E-state index in [1.54, 1.807) is 21.3 Å². The SMILES string of the molecule is COc1ccc(C2CC(=O)C3=C(C2)NC(C)=C(C#N)C3c2cc(OC)c(OC)cc2Br)cc1. The van der Waals surface area contributed by atoms with Crippen LogP contribution in [-0.2, 0) is 4.79 Å². The minimum absolute atomic E-state index is 0.0384. The highest BCUT2D eigenvalue weighted by Gasteiger charge is 2.40. The zero-order valence-corrected chi connectivity index (χ0v) is 20.6. The van der Waals surface area contributed by atoms with Crippen molar-refractivity contribution in [1.82, 2.24) is 5.32 Å². The third kappa shape index (κ3) is 4.11. The summed E-state index contributed by atoms with van der Waals surface area (Å²) >= 11 is 3.63. The standard InChI is InChI=1S/C26H25BrN2O4/c1-14-19(13-28)25(18-11-23(32-3)24(33-4)12-20(18)27)26-21(29-14)9-16(10-22(26)30)15-5-7-17(31-2)8-6-15/h5-8,11-12,16,25,29H,9-10H2,1-4H3. The number of nitriles is 1. The number of nitrogens with zero attached hydrogens (tertiary/aromatic N) is 1. The fourth-order valence-corrected chi connectivity index (χ4v) is 5.25. The molecule has 0 fully saturated rings. The third-order valence-electron chi connectivity index (χ3n) is 6.35. The van der Waals surface area contributed by atoms with Crippen molar-refractivity contribution < 1.29 is 19.0 Å². The summed E-state index contributed by atoms with van der Waals surface area (Å²) in [7, 11) is 4.78. The van der Waals surface area contributed by atoms with Crippen LogP contribution in [0.1, 0.15) is 42.7 Å². The molecule has 2 aliphatic rings. The summed E-state index contributed by atoms with van der Waals surface area (Å²) in [6, 6.07) is 13.8. The molecule has 1 heterocycles. The van der Waals surface area contributed by atoms with Gasteiger partial charge in [-0.25, -0.2) is 0 Å². The Morgan fingerprint density at radius 1 is 1.03 bits per heavy atom. The van der Waals surface area contributed by atoms with Crippen LogP contribution in [0.5, 0.6) is 17.2 Å². The maximum absolute atomic E-state index is 13.6. The number of methoxy groups -OCH3 is 3. The summed E-state index contributed by atoms with van der Waals surface area (Å²) in [5.74, 6) is 1.52. The van der Waals surface area contributed by atoms with Gasteiger partial charge in [-0.15, -0.1) is 0 Å². The number of hydrogen-bond donors (Lipinski definition) is 1. The van der Waals surface area contributed by atoms with Crippen molar-refractivity contribution in [3.8, 4) is 23.3 Å². The molecule has 33 heavy (non-hydrogen) atoms. The van der Waals surface area contributed by atoms with Crippen LogP contribution < -0.4 is 19.5 Å². The quantitative estimate of drug-likeness (QED) is 0.585. The van der Waals surface area contributed by atoms with E-state index >= 15 is 0 Å². The van der Waals surface area contributed by atoms with Gasteiger partial charge >= 0.3 is 0 Å². The minimum atomic E-state index is -0.482. The number of ether oxygens (including phenoxy) is 3. The van der Waals surface area contributed by atoms with Crippen LogP contribution >= 0.6 is 15.9 Å². The van der Waals surface area contributed by atoms with Crippen molar-refractivity contribution in [1.29, 1.82) is 5.26 Å². The van der Waals surface area contributed by atoms with Gasteiger partial charge in [-0.3, -0.25) is 4.79 Å². The molecule has 0 amide bonds. The van der Waals surface area contributed by atoms with Gasteiger partial charge in [0.25, 0.3) is 0 Å². The maximum Gasteiger partial charge on any atom is 0.162 e. The number of Topliss-reactive ketones (excluding diaryl/α,β-unsaturated/α-hetero) is 1. The number of benzene rings is 2. The number of ketones is 1. The van der Waals surface area contributed by atoms with E-state index < -0.39 is 5.92 Å². The summed E-state index contributed by atoms with van der Waals surface area (Å²) in [5.41, 5.74) is 4.69. The van der Waals surface area contributed by atoms with Crippen LogP contribution in [0.3, 0.4) is 0 Å². The van der Waals surface area contributed by atoms with Gasteiger partial charge in [0.05, 0.1) is 38.9 Å². The van der Waals surface area contributed by atoms with Crippen LogP contribution in [0.25, 0.3) is 0 Å². The third-order valence-corrected chi connectivity index (χ3v) is 7.04. The van der Waals surface area contributed by atoms with E-state index in [4.69, 9.17) is 14.2 Å². The first kappa shape index (κ1) is 22.9. The fourth-order valence-electron chi connectivity index (χ4n) is 4.70. The van der Waals surface area contributed by atoms with Gasteiger partial charge in [0, 0.05) is 27.9 Å². The maximum atomic E-state index is 13.6. The highest BCUT2D eigenvalue weighted by molar-refractivity contribution is 9.10. The lowest BCUT2D eigenvalue weighted by Gasteiger charge is -2.36. The second-order valence-electron chi connectivity index (χ2n) is 8.13. The predicted octanol–water partition coefficient (Wildman–Crippen LogP) is 5.36. The van der Waals surface area contributed by atoms with E-state index in [-0.39, 0.29) is 11.7 Å². The molecule has 0 bridgehead atoms. The van der Waals surface area contributed by atoms with E-state index in [1.165, 1.54) is 0 Å². The van der Waals surface area contributed by atoms with Crippen LogP contribution in [0.2, 0.25) is 0 Å². The largest absolute Gasteiger partial charge is 0.497 e. The summed E-state index contributed by atoms with van der Waals surface area (Å²) in [4.78, 5) is 13.6. The zero-order chi connectivity index (χ0) is 23.7. The van der Waals surface area contributed by atoms with Crippen molar-refractivity contribution in [2.45, 2.75) is 31.6 Å². The Labute approximate surface area is 202 Å². The second-order valence-corrected chi connectivity index (χ2v) is 8.99. The molecule has 0 radical (unpaired) electrons. The van der Waals surface area contributed by atoms with Crippen molar-refractivity contribution in [2.24, 2.45) is 0 Å². The summed E-state index contributed by atoms with van der Waals surface area (Å²) in [6.45, 7) is 1.88. The number of nitrogens with one attached hydrogen (secondary N) is 1. The van der Waals surface area contributed by atoms with Crippen LogP contribution in [0.4, 0.5) is 0 Å². The Morgan fingerprint density at radius 2 is 1.70 bits per heavy atom. The van der Waals surface area contributed by atoms with Gasteiger partial charge in [0.2, 0.25) is 0 Å². The molecule has 170 valence electrons. The first-order valence-corrected chi connectivity index (χ1v) is 11.4. The van der Waals surface area contributed by atoms with Crippen molar-refractivity contribution >= 4 is 21.7 Å². The molecule has 2 atom stereocenters. The molecule has 2 aromatic carbocycles. The molecule has 0 saturated heterocycles. The number of allylic oxidation sites excluding steroid dienone is 4. The van der Waals surface area contributed by atoms with Crippen molar-refractivity contribution in [3.63, 3.8) is 0 Å². The summed E-state index contributed by atoms with van der Waals surface area (Å²) in [5, 5.41) is 13.4. The Kier molecular flexibility index (Phi) is 6.48. The normalized spacial score (nSPS) is 20.1. The minimum Gasteiger partial charge on any atom is -0.497 e. The Hall–Kier alpha value is -3.24. The monoisotopic (exact) mass is 508 g/mol. The second kappa shape index (κ2) is 9.32. The highest BCUT2D eigenvalue weighted by atomic mass is 79.9.